The second-order valence-corrected chi connectivity index (χ2v) is 7.84. The van der Waals surface area contributed by atoms with Crippen molar-refractivity contribution in [2.45, 2.75) is 24.7 Å². The number of thiazole rings is 1. The Morgan fingerprint density at radius 3 is 2.65 bits per heavy atom. The minimum atomic E-state index is -3.97. The maximum Gasteiger partial charge on any atom is 0.266 e. The molecule has 2 rings (SSSR count). The van der Waals surface area contributed by atoms with Gasteiger partial charge in [0.2, 0.25) is 0 Å². The summed E-state index contributed by atoms with van der Waals surface area (Å²) in [6, 6.07) is 3.79. The molecular formula is C12H12BrFN2O2S2. The normalized spacial score (nSPS) is 11.8. The smallest absolute Gasteiger partial charge is 0.255 e. The fraction of sp³-hybridized carbons (Fsp3) is 0.250. The molecule has 1 N–H and O–H groups in total. The molecular weight excluding hydrogens is 367 g/mol. The molecule has 1 aromatic carbocycles. The molecule has 1 heterocycles. The fourth-order valence-corrected chi connectivity index (χ4v) is 3.98. The third-order valence-corrected chi connectivity index (χ3v) is 5.29. The van der Waals surface area contributed by atoms with Crippen molar-refractivity contribution in [3.05, 3.63) is 39.6 Å². The molecule has 8 heteroatoms. The Morgan fingerprint density at radius 2 is 2.10 bits per heavy atom. The Morgan fingerprint density at radius 1 is 1.40 bits per heavy atom. The molecule has 0 bridgehead atoms. The molecule has 0 saturated carbocycles. The summed E-state index contributed by atoms with van der Waals surface area (Å²) in [7, 11) is -3.97. The Kier molecular flexibility index (Phi) is 4.46. The largest absolute Gasteiger partial charge is 0.266 e. The number of halogens is 2. The summed E-state index contributed by atoms with van der Waals surface area (Å²) in [6.45, 7) is 3.92. The summed E-state index contributed by atoms with van der Waals surface area (Å²) in [5, 5.41) is 2.01. The highest BCUT2D eigenvalue weighted by Gasteiger charge is 2.21. The van der Waals surface area contributed by atoms with E-state index in [1.165, 1.54) is 23.5 Å². The molecule has 0 saturated heterocycles. The van der Waals surface area contributed by atoms with Crippen molar-refractivity contribution < 1.29 is 12.8 Å². The van der Waals surface area contributed by atoms with Crippen molar-refractivity contribution in [2.24, 2.45) is 0 Å². The van der Waals surface area contributed by atoms with E-state index in [9.17, 15) is 12.8 Å². The predicted octanol–water partition coefficient (Wildman–Crippen LogP) is 3.97. The van der Waals surface area contributed by atoms with Gasteiger partial charge in [0.1, 0.15) is 10.7 Å². The van der Waals surface area contributed by atoms with E-state index in [1.807, 2.05) is 13.8 Å². The van der Waals surface area contributed by atoms with Gasteiger partial charge in [0.15, 0.2) is 5.13 Å². The van der Waals surface area contributed by atoms with Gasteiger partial charge in [-0.25, -0.2) is 17.8 Å². The van der Waals surface area contributed by atoms with Crippen LogP contribution in [-0.4, -0.2) is 13.4 Å². The number of benzene rings is 1. The molecule has 0 unspecified atom stereocenters. The molecule has 20 heavy (non-hydrogen) atoms. The van der Waals surface area contributed by atoms with Crippen LogP contribution in [0.5, 0.6) is 0 Å². The topological polar surface area (TPSA) is 59.1 Å². The summed E-state index contributed by atoms with van der Waals surface area (Å²) in [5.41, 5.74) is 0.795. The third kappa shape index (κ3) is 3.36. The van der Waals surface area contributed by atoms with E-state index in [4.69, 9.17) is 0 Å². The molecule has 0 aliphatic heterocycles. The van der Waals surface area contributed by atoms with Gasteiger partial charge in [-0.3, -0.25) is 4.72 Å². The summed E-state index contributed by atoms with van der Waals surface area (Å²) >= 11 is 4.26. The lowest BCUT2D eigenvalue weighted by molar-refractivity contribution is 0.570. The number of sulfonamides is 1. The number of rotatable bonds is 4. The van der Waals surface area contributed by atoms with Crippen LogP contribution < -0.4 is 4.72 Å². The van der Waals surface area contributed by atoms with E-state index in [0.29, 0.717) is 4.47 Å². The van der Waals surface area contributed by atoms with E-state index < -0.39 is 20.7 Å². The number of anilines is 1. The number of hydrogen-bond donors (Lipinski definition) is 1. The average molecular weight is 379 g/mol. The maximum absolute atomic E-state index is 13.7. The van der Waals surface area contributed by atoms with Crippen molar-refractivity contribution >= 4 is 42.4 Å². The minimum absolute atomic E-state index is 0.203. The first-order chi connectivity index (χ1) is 9.29. The fourth-order valence-electron chi connectivity index (χ4n) is 1.46. The zero-order chi connectivity index (χ0) is 14.9. The molecule has 0 amide bonds. The first kappa shape index (κ1) is 15.4. The van der Waals surface area contributed by atoms with Crippen LogP contribution in [0.2, 0.25) is 0 Å². The maximum atomic E-state index is 13.7. The lowest BCUT2D eigenvalue weighted by atomic mass is 10.2. The average Bonchev–Trinajstić information content (AvgIpc) is 2.76. The summed E-state index contributed by atoms with van der Waals surface area (Å²) < 4.78 is 40.7. The van der Waals surface area contributed by atoms with Crippen molar-refractivity contribution in [3.63, 3.8) is 0 Å². The van der Waals surface area contributed by atoms with Crippen LogP contribution in [0.15, 0.2) is 32.9 Å². The van der Waals surface area contributed by atoms with E-state index >= 15 is 0 Å². The first-order valence-electron chi connectivity index (χ1n) is 5.73. The van der Waals surface area contributed by atoms with Gasteiger partial charge in [-0.05, 0) is 24.1 Å². The SMILES string of the molecule is CC(C)c1csc(NS(=O)(=O)c2ccc(Br)cc2F)n1. The monoisotopic (exact) mass is 378 g/mol. The van der Waals surface area contributed by atoms with Gasteiger partial charge in [0.25, 0.3) is 10.0 Å². The summed E-state index contributed by atoms with van der Waals surface area (Å²) in [5.74, 6) is -0.610. The van der Waals surface area contributed by atoms with Crippen molar-refractivity contribution in [3.8, 4) is 0 Å². The van der Waals surface area contributed by atoms with E-state index in [-0.39, 0.29) is 11.0 Å². The molecule has 0 atom stereocenters. The number of nitrogens with one attached hydrogen (secondary N) is 1. The third-order valence-electron chi connectivity index (χ3n) is 2.52. The van der Waals surface area contributed by atoms with Crippen LogP contribution in [0.1, 0.15) is 25.5 Å². The lowest BCUT2D eigenvalue weighted by Gasteiger charge is -2.06. The van der Waals surface area contributed by atoms with Crippen LogP contribution >= 0.6 is 27.3 Å². The number of aromatic nitrogens is 1. The van der Waals surface area contributed by atoms with Gasteiger partial charge in [0, 0.05) is 9.85 Å². The molecule has 4 nitrogen and oxygen atoms in total. The van der Waals surface area contributed by atoms with E-state index in [0.717, 1.165) is 11.8 Å². The Hall–Kier alpha value is -0.990. The number of nitrogens with zero attached hydrogens (tertiary/aromatic N) is 1. The second-order valence-electron chi connectivity index (χ2n) is 4.41. The molecule has 2 aromatic rings. The first-order valence-corrected chi connectivity index (χ1v) is 8.88. The van der Waals surface area contributed by atoms with Crippen LogP contribution in [-0.2, 0) is 10.0 Å². The molecule has 0 aliphatic rings. The van der Waals surface area contributed by atoms with Gasteiger partial charge in [-0.1, -0.05) is 29.8 Å². The molecule has 0 aliphatic carbocycles. The summed E-state index contributed by atoms with van der Waals surface area (Å²) in [4.78, 5) is 3.76. The zero-order valence-corrected chi connectivity index (χ0v) is 13.9. The van der Waals surface area contributed by atoms with Gasteiger partial charge >= 0.3 is 0 Å². The van der Waals surface area contributed by atoms with E-state index in [2.05, 4.69) is 25.6 Å². The molecule has 108 valence electrons. The van der Waals surface area contributed by atoms with Gasteiger partial charge in [-0.15, -0.1) is 11.3 Å². The quantitative estimate of drug-likeness (QED) is 0.875. The lowest BCUT2D eigenvalue weighted by Crippen LogP contribution is -2.14. The van der Waals surface area contributed by atoms with E-state index in [1.54, 1.807) is 5.38 Å². The van der Waals surface area contributed by atoms with Crippen molar-refractivity contribution in [1.29, 1.82) is 0 Å². The standard InChI is InChI=1S/C12H12BrFN2O2S2/c1-7(2)10-6-19-12(15-10)16-20(17,18)11-4-3-8(13)5-9(11)14/h3-7H,1-2H3,(H,15,16). The van der Waals surface area contributed by atoms with Crippen LogP contribution in [0.25, 0.3) is 0 Å². The van der Waals surface area contributed by atoms with Crippen molar-refractivity contribution in [1.82, 2.24) is 4.98 Å². The molecule has 0 fully saturated rings. The van der Waals surface area contributed by atoms with Crippen LogP contribution in [0.4, 0.5) is 9.52 Å². The van der Waals surface area contributed by atoms with Gasteiger partial charge < -0.3 is 0 Å². The summed E-state index contributed by atoms with van der Waals surface area (Å²) in [6.07, 6.45) is 0. The molecule has 0 radical (unpaired) electrons. The highest BCUT2D eigenvalue weighted by molar-refractivity contribution is 9.10. The van der Waals surface area contributed by atoms with Gasteiger partial charge in [0.05, 0.1) is 5.69 Å². The number of hydrogen-bond acceptors (Lipinski definition) is 4. The van der Waals surface area contributed by atoms with Crippen molar-refractivity contribution in [2.75, 3.05) is 4.72 Å². The Labute approximate surface area is 129 Å². The van der Waals surface area contributed by atoms with Crippen LogP contribution in [0.3, 0.4) is 0 Å². The Bertz CT molecular complexity index is 729. The van der Waals surface area contributed by atoms with Gasteiger partial charge in [-0.2, -0.15) is 0 Å². The second kappa shape index (κ2) is 5.79. The highest BCUT2D eigenvalue weighted by Crippen LogP contribution is 2.25. The Balaban J connectivity index is 2.30. The molecule has 0 spiro atoms. The minimum Gasteiger partial charge on any atom is -0.255 e. The highest BCUT2D eigenvalue weighted by atomic mass is 79.9. The molecule has 1 aromatic heterocycles. The van der Waals surface area contributed by atoms with Crippen LogP contribution in [0, 0.1) is 5.82 Å². The predicted molar refractivity (Wildman–Crippen MR) is 81.1 cm³/mol. The zero-order valence-electron chi connectivity index (χ0n) is 10.7.